The zero-order valence-electron chi connectivity index (χ0n) is 12.1. The zero-order chi connectivity index (χ0) is 16.3. The topological polar surface area (TPSA) is 108 Å². The monoisotopic (exact) mass is 319 g/mol. The second-order valence-electron chi connectivity index (χ2n) is 4.10. The minimum Gasteiger partial charge on any atom is -0.504 e. The number of phenolic OH excluding ortho intramolecular Hbond substituents is 1. The fraction of sp³-hybridized carbons (Fsp3) is 0.214. The summed E-state index contributed by atoms with van der Waals surface area (Å²) in [6.07, 6.45) is 1.73. The largest absolute Gasteiger partial charge is 0.504 e. The molecule has 0 atom stereocenters. The molecule has 2 rings (SSSR count). The Kier molecular flexibility index (Phi) is 4.58. The molecule has 8 heteroatoms. The highest BCUT2D eigenvalue weighted by Gasteiger charge is 2.22. The van der Waals surface area contributed by atoms with Crippen LogP contribution in [0.25, 0.3) is 11.3 Å². The number of hydrogen-bond donors (Lipinski definition) is 2. The summed E-state index contributed by atoms with van der Waals surface area (Å²) in [4.78, 5) is 18.7. The predicted molar refractivity (Wildman–Crippen MR) is 81.6 cm³/mol. The summed E-state index contributed by atoms with van der Waals surface area (Å²) in [5.41, 5.74) is -0.607. The smallest absolute Gasteiger partial charge is 0.270 e. The van der Waals surface area contributed by atoms with Gasteiger partial charge in [0.2, 0.25) is 0 Å². The number of nitrogens with zero attached hydrogens (tertiary/aromatic N) is 2. The number of aromatic amines is 1. The molecule has 7 nitrogen and oxygen atoms in total. The van der Waals surface area contributed by atoms with Crippen LogP contribution < -0.4 is 15.0 Å². The third-order valence-electron chi connectivity index (χ3n) is 2.98. The first-order valence-electron chi connectivity index (χ1n) is 6.10. The minimum absolute atomic E-state index is 0.0452. The van der Waals surface area contributed by atoms with Crippen molar-refractivity contribution in [2.45, 2.75) is 5.16 Å². The number of phenols is 1. The maximum Gasteiger partial charge on any atom is 0.270 e. The molecule has 1 heterocycles. The fourth-order valence-corrected chi connectivity index (χ4v) is 2.33. The first-order chi connectivity index (χ1) is 10.6. The van der Waals surface area contributed by atoms with Gasteiger partial charge in [0.15, 0.2) is 16.7 Å². The molecule has 0 radical (unpaired) electrons. The number of ether oxygens (including phenoxy) is 2. The molecule has 1 aromatic carbocycles. The number of nitriles is 1. The highest BCUT2D eigenvalue weighted by molar-refractivity contribution is 7.98. The number of rotatable bonds is 4. The van der Waals surface area contributed by atoms with Gasteiger partial charge < -0.3 is 19.6 Å². The molecular formula is C14H13N3O4S. The molecule has 22 heavy (non-hydrogen) atoms. The lowest BCUT2D eigenvalue weighted by Crippen LogP contribution is -2.15. The van der Waals surface area contributed by atoms with E-state index in [1.807, 2.05) is 0 Å². The highest BCUT2D eigenvalue weighted by Crippen LogP contribution is 2.43. The number of benzene rings is 1. The van der Waals surface area contributed by atoms with Crippen LogP contribution in [0.4, 0.5) is 0 Å². The summed E-state index contributed by atoms with van der Waals surface area (Å²) in [6.45, 7) is 0. The van der Waals surface area contributed by atoms with Crippen LogP contribution >= 0.6 is 11.8 Å². The zero-order valence-corrected chi connectivity index (χ0v) is 12.9. The average molecular weight is 319 g/mol. The summed E-state index contributed by atoms with van der Waals surface area (Å²) in [7, 11) is 2.81. The second-order valence-corrected chi connectivity index (χ2v) is 4.90. The van der Waals surface area contributed by atoms with Crippen molar-refractivity contribution in [1.29, 1.82) is 5.26 Å². The summed E-state index contributed by atoms with van der Waals surface area (Å²) in [6, 6.07) is 4.89. The molecule has 0 amide bonds. The van der Waals surface area contributed by atoms with Gasteiger partial charge >= 0.3 is 0 Å². The van der Waals surface area contributed by atoms with E-state index in [9.17, 15) is 15.2 Å². The van der Waals surface area contributed by atoms with Gasteiger partial charge in [-0.15, -0.1) is 0 Å². The van der Waals surface area contributed by atoms with Crippen LogP contribution in [0.2, 0.25) is 0 Å². The highest BCUT2D eigenvalue weighted by atomic mass is 32.2. The molecule has 2 N–H and O–H groups in total. The van der Waals surface area contributed by atoms with E-state index in [4.69, 9.17) is 9.47 Å². The Morgan fingerprint density at radius 3 is 2.50 bits per heavy atom. The van der Waals surface area contributed by atoms with Crippen molar-refractivity contribution >= 4 is 11.8 Å². The van der Waals surface area contributed by atoms with Crippen LogP contribution in [0, 0.1) is 11.3 Å². The van der Waals surface area contributed by atoms with Gasteiger partial charge in [-0.1, -0.05) is 11.8 Å². The summed E-state index contributed by atoms with van der Waals surface area (Å²) < 4.78 is 10.3. The normalized spacial score (nSPS) is 10.1. The molecule has 114 valence electrons. The molecule has 0 aliphatic carbocycles. The van der Waals surface area contributed by atoms with E-state index in [2.05, 4.69) is 9.97 Å². The number of aromatic hydroxyl groups is 1. The van der Waals surface area contributed by atoms with Gasteiger partial charge in [0, 0.05) is 0 Å². The molecule has 0 aliphatic heterocycles. The van der Waals surface area contributed by atoms with E-state index in [1.54, 1.807) is 18.4 Å². The van der Waals surface area contributed by atoms with E-state index in [0.29, 0.717) is 5.16 Å². The number of methoxy groups -OCH3 is 2. The molecule has 2 aromatic rings. The van der Waals surface area contributed by atoms with Gasteiger partial charge in [-0.05, 0) is 18.4 Å². The maximum atomic E-state index is 12.0. The number of aromatic nitrogens is 2. The van der Waals surface area contributed by atoms with E-state index in [-0.39, 0.29) is 34.1 Å². The summed E-state index contributed by atoms with van der Waals surface area (Å²) in [5.74, 6) is 0.218. The molecule has 0 saturated heterocycles. The Bertz CT molecular complexity index is 811. The van der Waals surface area contributed by atoms with Gasteiger partial charge in [-0.2, -0.15) is 5.26 Å². The van der Waals surface area contributed by atoms with E-state index >= 15 is 0 Å². The molecule has 0 bridgehead atoms. The third-order valence-corrected chi connectivity index (χ3v) is 3.56. The molecule has 0 spiro atoms. The average Bonchev–Trinajstić information content (AvgIpc) is 2.53. The van der Waals surface area contributed by atoms with Crippen LogP contribution in [-0.4, -0.2) is 35.5 Å². The number of nitrogens with one attached hydrogen (secondary N) is 1. The quantitative estimate of drug-likeness (QED) is 0.653. The second kappa shape index (κ2) is 6.41. The number of thioether (sulfide) groups is 1. The van der Waals surface area contributed by atoms with Crippen LogP contribution in [0.1, 0.15) is 5.56 Å². The van der Waals surface area contributed by atoms with Crippen molar-refractivity contribution in [3.63, 3.8) is 0 Å². The van der Waals surface area contributed by atoms with E-state index in [0.717, 1.165) is 0 Å². The lowest BCUT2D eigenvalue weighted by Gasteiger charge is -2.14. The van der Waals surface area contributed by atoms with Gasteiger partial charge in [-0.3, -0.25) is 4.79 Å². The summed E-state index contributed by atoms with van der Waals surface area (Å²) >= 11 is 1.21. The lowest BCUT2D eigenvalue weighted by atomic mass is 10.0. The van der Waals surface area contributed by atoms with E-state index < -0.39 is 5.56 Å². The minimum atomic E-state index is -0.582. The van der Waals surface area contributed by atoms with Crippen molar-refractivity contribution in [2.75, 3.05) is 20.5 Å². The predicted octanol–water partition coefficient (Wildman–Crippen LogP) is 1.75. The van der Waals surface area contributed by atoms with Crippen LogP contribution in [0.3, 0.4) is 0 Å². The Balaban J connectivity index is 2.90. The number of hydrogen-bond acceptors (Lipinski definition) is 7. The Morgan fingerprint density at radius 2 is 1.95 bits per heavy atom. The van der Waals surface area contributed by atoms with Gasteiger partial charge in [0.05, 0.1) is 19.8 Å². The van der Waals surface area contributed by atoms with Crippen molar-refractivity contribution in [3.8, 4) is 34.6 Å². The number of H-pyrrole nitrogens is 1. The molecule has 0 unspecified atom stereocenters. The van der Waals surface area contributed by atoms with Gasteiger partial charge in [0.25, 0.3) is 5.56 Å². The molecule has 0 aliphatic rings. The third kappa shape index (κ3) is 2.58. The van der Waals surface area contributed by atoms with Crippen LogP contribution in [0.5, 0.6) is 17.2 Å². The Labute approximate surface area is 130 Å². The Hall–Kier alpha value is -2.66. The first-order valence-corrected chi connectivity index (χ1v) is 7.32. The SMILES string of the molecule is COc1ccc(OC)c(-c2nc(SC)[nH]c(=O)c2C#N)c1O. The molecular weight excluding hydrogens is 306 g/mol. The van der Waals surface area contributed by atoms with Crippen molar-refractivity contribution in [3.05, 3.63) is 28.0 Å². The lowest BCUT2D eigenvalue weighted by molar-refractivity contribution is 0.367. The van der Waals surface area contributed by atoms with Crippen molar-refractivity contribution < 1.29 is 14.6 Å². The van der Waals surface area contributed by atoms with Crippen LogP contribution in [-0.2, 0) is 0 Å². The van der Waals surface area contributed by atoms with Crippen molar-refractivity contribution in [2.24, 2.45) is 0 Å². The molecule has 0 fully saturated rings. The summed E-state index contributed by atoms with van der Waals surface area (Å²) in [5, 5.41) is 19.9. The van der Waals surface area contributed by atoms with Crippen LogP contribution in [0.15, 0.2) is 22.1 Å². The fourth-order valence-electron chi connectivity index (χ4n) is 1.95. The van der Waals surface area contributed by atoms with Crippen molar-refractivity contribution in [1.82, 2.24) is 9.97 Å². The standard InChI is InChI=1S/C14H13N3O4S/c1-20-8-4-5-9(21-2)12(18)10(8)11-7(6-15)13(19)17-14(16-11)22-3/h4-5,18H,1-3H3,(H,16,17,19). The molecule has 1 aromatic heterocycles. The van der Waals surface area contributed by atoms with E-state index in [1.165, 1.54) is 32.0 Å². The van der Waals surface area contributed by atoms with Gasteiger partial charge in [-0.25, -0.2) is 4.98 Å². The molecule has 0 saturated carbocycles. The van der Waals surface area contributed by atoms with Gasteiger partial charge in [0.1, 0.15) is 23.1 Å². The first kappa shape index (κ1) is 15.7. The Morgan fingerprint density at radius 1 is 1.32 bits per heavy atom. The maximum absolute atomic E-state index is 12.0.